The van der Waals surface area contributed by atoms with Gasteiger partial charge in [0, 0.05) is 12.1 Å². The largest absolute Gasteiger partial charge is 0.618 e. The number of nitrogens with zero attached hydrogens (tertiary/aromatic N) is 1. The smallest absolute Gasteiger partial charge is 0.224 e. The minimum atomic E-state index is 0.750. The van der Waals surface area contributed by atoms with Crippen LogP contribution in [0.2, 0.25) is 0 Å². The summed E-state index contributed by atoms with van der Waals surface area (Å²) in [6, 6.07) is 7.74. The number of pyridine rings is 1. The second-order valence-electron chi connectivity index (χ2n) is 3.35. The van der Waals surface area contributed by atoms with Crippen LogP contribution in [0.3, 0.4) is 0 Å². The Morgan fingerprint density at radius 1 is 1.23 bits per heavy atom. The van der Waals surface area contributed by atoms with Gasteiger partial charge in [0.05, 0.1) is 5.39 Å². The van der Waals surface area contributed by atoms with E-state index in [2.05, 4.69) is 6.07 Å². The summed E-state index contributed by atoms with van der Waals surface area (Å²) in [5.74, 6) is 0. The molecule has 1 aromatic carbocycles. The molecule has 1 heterocycles. The summed E-state index contributed by atoms with van der Waals surface area (Å²) in [6.07, 6.45) is 1.53. The predicted molar refractivity (Wildman–Crippen MR) is 52.4 cm³/mol. The second kappa shape index (κ2) is 2.73. The van der Waals surface area contributed by atoms with Gasteiger partial charge in [0.15, 0.2) is 6.20 Å². The molecule has 0 unspecified atom stereocenters. The fourth-order valence-electron chi connectivity index (χ4n) is 1.65. The van der Waals surface area contributed by atoms with Crippen LogP contribution in [0.25, 0.3) is 10.9 Å². The Kier molecular flexibility index (Phi) is 1.69. The molecule has 2 nitrogen and oxygen atoms in total. The number of benzene rings is 1. The number of aromatic nitrogens is 1. The van der Waals surface area contributed by atoms with E-state index in [0.717, 1.165) is 26.8 Å². The lowest BCUT2D eigenvalue weighted by Crippen LogP contribution is -2.25. The molecule has 0 fully saturated rings. The molecule has 1 aromatic heterocycles. The van der Waals surface area contributed by atoms with Gasteiger partial charge in [0.2, 0.25) is 5.52 Å². The second-order valence-corrected chi connectivity index (χ2v) is 3.35. The molecule has 66 valence electrons. The molecule has 0 bridgehead atoms. The molecule has 2 aromatic rings. The SMILES string of the molecule is Cc1cc(C)c2ccc[n+]([O-])c2c1. The van der Waals surface area contributed by atoms with Gasteiger partial charge in [0.25, 0.3) is 0 Å². The topological polar surface area (TPSA) is 26.9 Å². The molecule has 0 aliphatic rings. The number of hydrogen-bond acceptors (Lipinski definition) is 1. The molecular formula is C11H11NO. The average molecular weight is 173 g/mol. The Labute approximate surface area is 77.0 Å². The summed E-state index contributed by atoms with van der Waals surface area (Å²) in [5, 5.41) is 12.4. The number of rotatable bonds is 0. The van der Waals surface area contributed by atoms with Crippen LogP contribution in [0.1, 0.15) is 11.1 Å². The Balaban J connectivity index is 2.94. The van der Waals surface area contributed by atoms with Crippen molar-refractivity contribution in [3.05, 3.63) is 46.8 Å². The van der Waals surface area contributed by atoms with Crippen LogP contribution in [-0.2, 0) is 0 Å². The fraction of sp³-hybridized carbons (Fsp3) is 0.182. The first-order valence-electron chi connectivity index (χ1n) is 4.27. The minimum absolute atomic E-state index is 0.750. The molecular weight excluding hydrogens is 162 g/mol. The van der Waals surface area contributed by atoms with E-state index in [0.29, 0.717) is 0 Å². The van der Waals surface area contributed by atoms with E-state index in [1.54, 1.807) is 6.07 Å². The molecule has 0 amide bonds. The zero-order valence-corrected chi connectivity index (χ0v) is 7.74. The zero-order chi connectivity index (χ0) is 9.42. The van der Waals surface area contributed by atoms with Crippen LogP contribution in [0, 0.1) is 19.1 Å². The van der Waals surface area contributed by atoms with Gasteiger partial charge in [-0.05, 0) is 31.0 Å². The quantitative estimate of drug-likeness (QED) is 0.442. The highest BCUT2D eigenvalue weighted by Crippen LogP contribution is 2.16. The maximum atomic E-state index is 11.4. The predicted octanol–water partition coefficient (Wildman–Crippen LogP) is 2.09. The van der Waals surface area contributed by atoms with E-state index in [1.807, 2.05) is 26.0 Å². The van der Waals surface area contributed by atoms with Crippen LogP contribution < -0.4 is 4.73 Å². The molecule has 0 spiro atoms. The van der Waals surface area contributed by atoms with E-state index in [1.165, 1.54) is 6.20 Å². The Bertz CT molecular complexity index is 463. The van der Waals surface area contributed by atoms with Gasteiger partial charge in [-0.15, -0.1) is 0 Å². The third kappa shape index (κ3) is 1.24. The first-order chi connectivity index (χ1) is 6.18. The van der Waals surface area contributed by atoms with Crippen LogP contribution in [-0.4, -0.2) is 0 Å². The van der Waals surface area contributed by atoms with Gasteiger partial charge < -0.3 is 5.21 Å². The van der Waals surface area contributed by atoms with Gasteiger partial charge in [-0.1, -0.05) is 6.07 Å². The molecule has 0 atom stereocenters. The van der Waals surface area contributed by atoms with Crippen LogP contribution >= 0.6 is 0 Å². The van der Waals surface area contributed by atoms with Gasteiger partial charge in [0.1, 0.15) is 0 Å². The van der Waals surface area contributed by atoms with Gasteiger partial charge >= 0.3 is 0 Å². The van der Waals surface area contributed by atoms with Gasteiger partial charge in [-0.2, -0.15) is 4.73 Å². The third-order valence-electron chi connectivity index (χ3n) is 2.23. The number of fused-ring (bicyclic) bond motifs is 1. The Hall–Kier alpha value is -1.57. The maximum Gasteiger partial charge on any atom is 0.224 e. The van der Waals surface area contributed by atoms with Crippen molar-refractivity contribution >= 4 is 10.9 Å². The van der Waals surface area contributed by atoms with Crippen LogP contribution in [0.15, 0.2) is 30.5 Å². The first kappa shape index (κ1) is 8.05. The van der Waals surface area contributed by atoms with Crippen molar-refractivity contribution in [1.82, 2.24) is 0 Å². The van der Waals surface area contributed by atoms with Crippen molar-refractivity contribution in [2.24, 2.45) is 0 Å². The molecule has 0 N–H and O–H groups in total. The Morgan fingerprint density at radius 3 is 2.77 bits per heavy atom. The summed E-state index contributed by atoms with van der Waals surface area (Å²) in [7, 11) is 0. The molecule has 0 saturated carbocycles. The molecule has 0 saturated heterocycles. The molecule has 2 rings (SSSR count). The van der Waals surface area contributed by atoms with E-state index in [-0.39, 0.29) is 0 Å². The normalized spacial score (nSPS) is 10.6. The standard InChI is InChI=1S/C11H11NO/c1-8-6-9(2)10-4-3-5-12(13)11(10)7-8/h3-7H,1-2H3. The molecule has 0 aliphatic heterocycles. The maximum absolute atomic E-state index is 11.4. The number of hydrogen-bond donors (Lipinski definition) is 0. The molecule has 0 radical (unpaired) electrons. The number of aryl methyl sites for hydroxylation is 2. The minimum Gasteiger partial charge on any atom is -0.618 e. The molecule has 0 aliphatic carbocycles. The van der Waals surface area contributed by atoms with E-state index in [9.17, 15) is 5.21 Å². The molecule has 2 heteroatoms. The summed E-state index contributed by atoms with van der Waals surface area (Å²) < 4.78 is 0.912. The molecule has 13 heavy (non-hydrogen) atoms. The van der Waals surface area contributed by atoms with E-state index in [4.69, 9.17) is 0 Å². The highest BCUT2D eigenvalue weighted by atomic mass is 16.5. The monoisotopic (exact) mass is 173 g/mol. The van der Waals surface area contributed by atoms with E-state index >= 15 is 0 Å². The van der Waals surface area contributed by atoms with E-state index < -0.39 is 0 Å². The lowest BCUT2D eigenvalue weighted by atomic mass is 10.1. The first-order valence-corrected chi connectivity index (χ1v) is 4.27. The third-order valence-corrected chi connectivity index (χ3v) is 2.23. The van der Waals surface area contributed by atoms with Gasteiger partial charge in [-0.25, -0.2) is 0 Å². The highest BCUT2D eigenvalue weighted by Gasteiger charge is 2.05. The van der Waals surface area contributed by atoms with Crippen molar-refractivity contribution in [1.29, 1.82) is 0 Å². The van der Waals surface area contributed by atoms with Gasteiger partial charge in [-0.3, -0.25) is 0 Å². The lowest BCUT2D eigenvalue weighted by Gasteiger charge is -2.04. The summed E-state index contributed by atoms with van der Waals surface area (Å²) in [4.78, 5) is 0. The summed E-state index contributed by atoms with van der Waals surface area (Å²) in [5.41, 5.74) is 3.03. The Morgan fingerprint density at radius 2 is 2.00 bits per heavy atom. The summed E-state index contributed by atoms with van der Waals surface area (Å²) >= 11 is 0. The van der Waals surface area contributed by atoms with Crippen LogP contribution in [0.5, 0.6) is 0 Å². The van der Waals surface area contributed by atoms with Crippen LogP contribution in [0.4, 0.5) is 0 Å². The van der Waals surface area contributed by atoms with Crippen molar-refractivity contribution in [3.63, 3.8) is 0 Å². The average Bonchev–Trinajstić information content (AvgIpc) is 2.07. The van der Waals surface area contributed by atoms with Crippen molar-refractivity contribution < 1.29 is 4.73 Å². The highest BCUT2D eigenvalue weighted by molar-refractivity contribution is 5.80. The van der Waals surface area contributed by atoms with Crippen molar-refractivity contribution in [3.8, 4) is 0 Å². The van der Waals surface area contributed by atoms with Crippen molar-refractivity contribution in [2.75, 3.05) is 0 Å². The summed E-state index contributed by atoms with van der Waals surface area (Å²) in [6.45, 7) is 4.02. The lowest BCUT2D eigenvalue weighted by molar-refractivity contribution is -0.577. The zero-order valence-electron chi connectivity index (χ0n) is 7.74. The fourth-order valence-corrected chi connectivity index (χ4v) is 1.65. The van der Waals surface area contributed by atoms with Crippen molar-refractivity contribution in [2.45, 2.75) is 13.8 Å².